The minimum Gasteiger partial charge on any atom is -0.371 e. The zero-order chi connectivity index (χ0) is 17.0. The Morgan fingerprint density at radius 2 is 2.04 bits per heavy atom. The van der Waals surface area contributed by atoms with Crippen molar-refractivity contribution in [1.82, 2.24) is 9.88 Å². The van der Waals surface area contributed by atoms with Crippen LogP contribution in [0.5, 0.6) is 0 Å². The van der Waals surface area contributed by atoms with Gasteiger partial charge in [-0.05, 0) is 18.6 Å². The van der Waals surface area contributed by atoms with E-state index in [-0.39, 0.29) is 11.7 Å². The molecule has 2 aliphatic heterocycles. The molecule has 1 aromatic rings. The number of pyridine rings is 1. The molecule has 0 saturated carbocycles. The third-order valence-corrected chi connectivity index (χ3v) is 4.86. The molecule has 0 unspecified atom stereocenters. The smallest absolute Gasteiger partial charge is 0.272 e. The second-order valence-corrected chi connectivity index (χ2v) is 6.57. The number of rotatable bonds is 5. The van der Waals surface area contributed by atoms with Crippen LogP contribution in [-0.4, -0.2) is 61.5 Å². The molecule has 0 aromatic carbocycles. The van der Waals surface area contributed by atoms with Gasteiger partial charge in [-0.1, -0.05) is 13.3 Å². The van der Waals surface area contributed by atoms with Crippen LogP contribution in [0, 0.1) is 0 Å². The van der Waals surface area contributed by atoms with Gasteiger partial charge in [0.15, 0.2) is 5.79 Å². The van der Waals surface area contributed by atoms with Crippen LogP contribution in [0.25, 0.3) is 0 Å². The van der Waals surface area contributed by atoms with Gasteiger partial charge in [0, 0.05) is 51.4 Å². The quantitative estimate of drug-likeness (QED) is 0.827. The second kappa shape index (κ2) is 7.49. The van der Waals surface area contributed by atoms with E-state index in [9.17, 15) is 4.79 Å². The molecular formula is C18H27N3O3. The summed E-state index contributed by atoms with van der Waals surface area (Å²) in [7, 11) is 1.84. The predicted molar refractivity (Wildman–Crippen MR) is 92.2 cm³/mol. The molecule has 0 bridgehead atoms. The van der Waals surface area contributed by atoms with E-state index in [2.05, 4.69) is 16.8 Å². The Kier molecular flexibility index (Phi) is 5.36. The Hall–Kier alpha value is -1.66. The van der Waals surface area contributed by atoms with Crippen LogP contribution in [0.1, 0.15) is 43.1 Å². The average Bonchev–Trinajstić information content (AvgIpc) is 3.07. The number of carbonyl (C=O) groups excluding carboxylic acids is 1. The highest BCUT2D eigenvalue weighted by Gasteiger charge is 2.39. The number of aromatic nitrogens is 1. The Bertz CT molecular complexity index is 562. The molecule has 2 aliphatic rings. The van der Waals surface area contributed by atoms with Crippen molar-refractivity contribution >= 4 is 11.6 Å². The van der Waals surface area contributed by atoms with Gasteiger partial charge in [-0.2, -0.15) is 0 Å². The van der Waals surface area contributed by atoms with Gasteiger partial charge in [-0.15, -0.1) is 0 Å². The maximum absolute atomic E-state index is 12.5. The fourth-order valence-electron chi connectivity index (χ4n) is 3.32. The summed E-state index contributed by atoms with van der Waals surface area (Å²) in [4.78, 5) is 20.8. The predicted octanol–water partition coefficient (Wildman–Crippen LogP) is 2.30. The lowest BCUT2D eigenvalue weighted by Crippen LogP contribution is -2.45. The highest BCUT2D eigenvalue weighted by molar-refractivity contribution is 5.93. The van der Waals surface area contributed by atoms with Crippen molar-refractivity contribution in [3.8, 4) is 0 Å². The second-order valence-electron chi connectivity index (χ2n) is 6.57. The topological polar surface area (TPSA) is 54.9 Å². The summed E-state index contributed by atoms with van der Waals surface area (Å²) in [6, 6.07) is 3.87. The lowest BCUT2D eigenvalue weighted by Gasteiger charge is -2.38. The summed E-state index contributed by atoms with van der Waals surface area (Å²) < 4.78 is 11.5. The normalized spacial score (nSPS) is 19.7. The molecule has 3 rings (SSSR count). The number of unbranched alkanes of at least 4 members (excludes halogenated alkanes) is 1. The molecule has 0 atom stereocenters. The van der Waals surface area contributed by atoms with Crippen LogP contribution < -0.4 is 4.90 Å². The van der Waals surface area contributed by atoms with Crippen molar-refractivity contribution in [2.75, 3.05) is 44.8 Å². The van der Waals surface area contributed by atoms with E-state index >= 15 is 0 Å². The molecule has 24 heavy (non-hydrogen) atoms. The maximum Gasteiger partial charge on any atom is 0.272 e. The first-order valence-electron chi connectivity index (χ1n) is 8.88. The number of piperidine rings is 1. The molecule has 3 heterocycles. The SMILES string of the molecule is CCCCN(C)C(=O)c1cc(N2CCC3(CC2)OCCO3)ccn1. The zero-order valence-corrected chi connectivity index (χ0v) is 14.7. The number of hydrogen-bond acceptors (Lipinski definition) is 5. The molecule has 1 amide bonds. The van der Waals surface area contributed by atoms with Gasteiger partial charge in [0.2, 0.25) is 0 Å². The largest absolute Gasteiger partial charge is 0.371 e. The highest BCUT2D eigenvalue weighted by Crippen LogP contribution is 2.33. The zero-order valence-electron chi connectivity index (χ0n) is 14.7. The molecule has 132 valence electrons. The monoisotopic (exact) mass is 333 g/mol. The molecule has 2 fully saturated rings. The van der Waals surface area contributed by atoms with Crippen LogP contribution in [0.4, 0.5) is 5.69 Å². The lowest BCUT2D eigenvalue weighted by molar-refractivity contribution is -0.169. The Morgan fingerprint density at radius 1 is 1.33 bits per heavy atom. The standard InChI is InChI=1S/C18H27N3O3/c1-3-4-9-20(2)17(22)16-14-15(5-8-19-16)21-10-6-18(7-11-21)23-12-13-24-18/h5,8,14H,3-4,6-7,9-13H2,1-2H3. The molecule has 1 spiro atoms. The number of ether oxygens (including phenoxy) is 2. The molecule has 6 heteroatoms. The van der Waals surface area contributed by atoms with Crippen molar-refractivity contribution < 1.29 is 14.3 Å². The summed E-state index contributed by atoms with van der Waals surface area (Å²) in [5.41, 5.74) is 1.56. The van der Waals surface area contributed by atoms with Crippen LogP contribution in [0.15, 0.2) is 18.3 Å². The van der Waals surface area contributed by atoms with Crippen LogP contribution in [-0.2, 0) is 9.47 Å². The van der Waals surface area contributed by atoms with Crippen molar-refractivity contribution in [2.45, 2.75) is 38.4 Å². The summed E-state index contributed by atoms with van der Waals surface area (Å²) in [5.74, 6) is -0.385. The van der Waals surface area contributed by atoms with Gasteiger partial charge in [0.05, 0.1) is 13.2 Å². The summed E-state index contributed by atoms with van der Waals surface area (Å²) in [5, 5.41) is 0. The number of hydrogen-bond donors (Lipinski definition) is 0. The first-order chi connectivity index (χ1) is 11.6. The van der Waals surface area contributed by atoms with Crippen molar-refractivity contribution in [3.63, 3.8) is 0 Å². The first-order valence-corrected chi connectivity index (χ1v) is 8.88. The Morgan fingerprint density at radius 3 is 2.71 bits per heavy atom. The van der Waals surface area contributed by atoms with Gasteiger partial charge in [-0.25, -0.2) is 0 Å². The minimum absolute atomic E-state index is 0.0127. The van der Waals surface area contributed by atoms with E-state index in [1.165, 1.54) is 0 Å². The third-order valence-electron chi connectivity index (χ3n) is 4.86. The van der Waals surface area contributed by atoms with Gasteiger partial charge < -0.3 is 19.3 Å². The summed E-state index contributed by atoms with van der Waals surface area (Å²) in [6.45, 7) is 6.00. The highest BCUT2D eigenvalue weighted by atomic mass is 16.7. The number of anilines is 1. The molecule has 2 saturated heterocycles. The Labute approximate surface area is 143 Å². The molecule has 0 radical (unpaired) electrons. The number of amides is 1. The number of carbonyl (C=O) groups is 1. The number of nitrogens with zero attached hydrogens (tertiary/aromatic N) is 3. The molecule has 1 aromatic heterocycles. The van der Waals surface area contributed by atoms with E-state index < -0.39 is 0 Å². The Balaban J connectivity index is 1.64. The molecular weight excluding hydrogens is 306 g/mol. The summed E-state index contributed by atoms with van der Waals surface area (Å²) >= 11 is 0. The average molecular weight is 333 g/mol. The van der Waals surface area contributed by atoms with Crippen LogP contribution >= 0.6 is 0 Å². The first kappa shape index (κ1) is 17.2. The van der Waals surface area contributed by atoms with Crippen LogP contribution in [0.2, 0.25) is 0 Å². The van der Waals surface area contributed by atoms with E-state index in [4.69, 9.17) is 9.47 Å². The van der Waals surface area contributed by atoms with E-state index in [0.29, 0.717) is 18.9 Å². The van der Waals surface area contributed by atoms with Gasteiger partial charge in [-0.3, -0.25) is 9.78 Å². The maximum atomic E-state index is 12.5. The third kappa shape index (κ3) is 3.70. The fraction of sp³-hybridized carbons (Fsp3) is 0.667. The summed E-state index contributed by atoms with van der Waals surface area (Å²) in [6.07, 6.45) is 5.52. The molecule has 0 aliphatic carbocycles. The van der Waals surface area contributed by atoms with Crippen molar-refractivity contribution in [1.29, 1.82) is 0 Å². The van der Waals surface area contributed by atoms with E-state index in [1.807, 2.05) is 19.2 Å². The minimum atomic E-state index is -0.372. The fourth-order valence-corrected chi connectivity index (χ4v) is 3.32. The van der Waals surface area contributed by atoms with E-state index in [0.717, 1.165) is 51.0 Å². The van der Waals surface area contributed by atoms with Gasteiger partial charge in [0.1, 0.15) is 5.69 Å². The van der Waals surface area contributed by atoms with Crippen LogP contribution in [0.3, 0.4) is 0 Å². The van der Waals surface area contributed by atoms with Gasteiger partial charge >= 0.3 is 0 Å². The van der Waals surface area contributed by atoms with Crippen molar-refractivity contribution in [3.05, 3.63) is 24.0 Å². The van der Waals surface area contributed by atoms with Crippen molar-refractivity contribution in [2.24, 2.45) is 0 Å². The molecule has 0 N–H and O–H groups in total. The lowest BCUT2D eigenvalue weighted by atomic mass is 10.0. The van der Waals surface area contributed by atoms with Gasteiger partial charge in [0.25, 0.3) is 5.91 Å². The molecule has 6 nitrogen and oxygen atoms in total. The van der Waals surface area contributed by atoms with E-state index in [1.54, 1.807) is 11.1 Å².